The number of carbonyl (C=O) groups is 2. The van der Waals surface area contributed by atoms with E-state index in [1.54, 1.807) is 0 Å². The molecule has 69 heavy (non-hydrogen) atoms. The number of carbonyl (C=O) groups excluding carboxylic acids is 2. The Balaban J connectivity index is 3.45. The quantitative estimate of drug-likeness (QED) is 0.0321. The lowest BCUT2D eigenvalue weighted by Gasteiger charge is -2.22. The van der Waals surface area contributed by atoms with Gasteiger partial charge in [0.15, 0.2) is 0 Å². The Kier molecular flexibility index (Phi) is 57.5. The van der Waals surface area contributed by atoms with Crippen LogP contribution in [0.3, 0.4) is 0 Å². The maximum absolute atomic E-state index is 12.5. The average Bonchev–Trinajstić information content (AvgIpc) is 3.35. The lowest BCUT2D eigenvalue weighted by Crippen LogP contribution is -2.45. The molecule has 0 aliphatic carbocycles. The van der Waals surface area contributed by atoms with Crippen LogP contribution in [0.2, 0.25) is 0 Å². The number of amides is 1. The van der Waals surface area contributed by atoms with E-state index in [9.17, 15) is 19.8 Å². The molecular formula is C63H121NO5. The highest BCUT2D eigenvalue weighted by Gasteiger charge is 2.20. The minimum Gasteiger partial charge on any atom is -0.466 e. The van der Waals surface area contributed by atoms with E-state index in [0.29, 0.717) is 25.9 Å². The van der Waals surface area contributed by atoms with Gasteiger partial charge >= 0.3 is 5.97 Å². The summed E-state index contributed by atoms with van der Waals surface area (Å²) < 4.78 is 5.47. The number of ether oxygens (including phenoxy) is 1. The summed E-state index contributed by atoms with van der Waals surface area (Å²) >= 11 is 0. The van der Waals surface area contributed by atoms with Gasteiger partial charge in [-0.25, -0.2) is 0 Å². The normalized spacial score (nSPS) is 12.7. The minimum atomic E-state index is -0.679. The summed E-state index contributed by atoms with van der Waals surface area (Å²) in [5, 5.41) is 23.4. The van der Waals surface area contributed by atoms with E-state index in [-0.39, 0.29) is 18.5 Å². The molecule has 0 fully saturated rings. The molecule has 1 amide bonds. The van der Waals surface area contributed by atoms with Crippen LogP contribution in [0.1, 0.15) is 341 Å². The summed E-state index contributed by atoms with van der Waals surface area (Å²) in [4.78, 5) is 24.6. The first-order chi connectivity index (χ1) is 34.0. The predicted octanol–water partition coefficient (Wildman–Crippen LogP) is 19.4. The Morgan fingerprint density at radius 2 is 0.725 bits per heavy atom. The maximum atomic E-state index is 12.5. The van der Waals surface area contributed by atoms with E-state index < -0.39 is 12.1 Å². The van der Waals surface area contributed by atoms with Crippen LogP contribution in [0.5, 0.6) is 0 Å². The van der Waals surface area contributed by atoms with Gasteiger partial charge in [0.1, 0.15) is 0 Å². The third-order valence-electron chi connectivity index (χ3n) is 14.5. The van der Waals surface area contributed by atoms with Gasteiger partial charge in [-0.05, 0) is 57.8 Å². The SMILES string of the molecule is CCCCC/C=C\C/C=C\CCCCCCCCCC(=O)OCCCCCCCCCCCCCC(=O)NC(CO)C(O)CCCCCCCCCCCCCCCCCCCCCCCCCC. The van der Waals surface area contributed by atoms with Gasteiger partial charge in [0.05, 0.1) is 25.4 Å². The second-order valence-electron chi connectivity index (χ2n) is 21.4. The summed E-state index contributed by atoms with van der Waals surface area (Å²) in [5.41, 5.74) is 0. The molecular weight excluding hydrogens is 851 g/mol. The molecule has 0 aromatic rings. The smallest absolute Gasteiger partial charge is 0.305 e. The predicted molar refractivity (Wildman–Crippen MR) is 301 cm³/mol. The van der Waals surface area contributed by atoms with Gasteiger partial charge in [0.2, 0.25) is 5.91 Å². The van der Waals surface area contributed by atoms with Gasteiger partial charge in [0, 0.05) is 12.8 Å². The molecule has 2 atom stereocenters. The molecule has 0 heterocycles. The first kappa shape index (κ1) is 67.3. The molecule has 0 radical (unpaired) electrons. The van der Waals surface area contributed by atoms with Crippen molar-refractivity contribution < 1.29 is 24.5 Å². The summed E-state index contributed by atoms with van der Waals surface area (Å²) in [6, 6.07) is -0.557. The molecule has 0 bridgehead atoms. The zero-order valence-corrected chi connectivity index (χ0v) is 46.6. The number of hydrogen-bond acceptors (Lipinski definition) is 5. The van der Waals surface area contributed by atoms with Crippen molar-refractivity contribution in [2.75, 3.05) is 13.2 Å². The molecule has 2 unspecified atom stereocenters. The van der Waals surface area contributed by atoms with Gasteiger partial charge in [0.25, 0.3) is 0 Å². The molecule has 0 saturated heterocycles. The van der Waals surface area contributed by atoms with Crippen LogP contribution in [0.25, 0.3) is 0 Å². The molecule has 6 nitrogen and oxygen atoms in total. The highest BCUT2D eigenvalue weighted by Crippen LogP contribution is 2.18. The van der Waals surface area contributed by atoms with Gasteiger partial charge in [-0.1, -0.05) is 295 Å². The number of allylic oxidation sites excluding steroid dienone is 4. The Hall–Kier alpha value is -1.66. The maximum Gasteiger partial charge on any atom is 0.305 e. The third-order valence-corrected chi connectivity index (χ3v) is 14.5. The second-order valence-corrected chi connectivity index (χ2v) is 21.4. The number of hydrogen-bond donors (Lipinski definition) is 3. The van der Waals surface area contributed by atoms with E-state index >= 15 is 0 Å². The molecule has 0 aromatic carbocycles. The van der Waals surface area contributed by atoms with E-state index in [1.807, 2.05) is 0 Å². The number of esters is 1. The number of rotatable bonds is 58. The van der Waals surface area contributed by atoms with Crippen LogP contribution in [-0.4, -0.2) is 47.4 Å². The molecule has 0 aliphatic heterocycles. The fraction of sp³-hybridized carbons (Fsp3) is 0.905. The Morgan fingerprint density at radius 3 is 1.13 bits per heavy atom. The molecule has 408 valence electrons. The Bertz CT molecular complexity index is 1080. The number of aliphatic hydroxyl groups is 2. The molecule has 0 aromatic heterocycles. The standard InChI is InChI=1S/C63H121NO5/c1-3-5-7-9-11-13-15-17-19-21-22-23-24-25-26-27-29-30-32-35-39-43-47-51-55-61(66)60(59-65)64-62(67)56-52-48-44-40-36-34-38-42-46-50-54-58-69-63(68)57-53-49-45-41-37-33-31-28-20-18-16-14-12-10-8-6-4-2/h12,14,18,20,60-61,65-66H,3-11,13,15-17,19,21-59H2,1-2H3,(H,64,67)/b14-12-,20-18-. The van der Waals surface area contributed by atoms with Crippen LogP contribution in [-0.2, 0) is 14.3 Å². The van der Waals surface area contributed by atoms with Crippen LogP contribution < -0.4 is 5.32 Å². The van der Waals surface area contributed by atoms with Gasteiger partial charge < -0.3 is 20.3 Å². The fourth-order valence-corrected chi connectivity index (χ4v) is 9.73. The molecule has 0 rings (SSSR count). The van der Waals surface area contributed by atoms with Crippen molar-refractivity contribution in [2.24, 2.45) is 0 Å². The van der Waals surface area contributed by atoms with Gasteiger partial charge in [-0.3, -0.25) is 9.59 Å². The number of nitrogens with one attached hydrogen (secondary N) is 1. The van der Waals surface area contributed by atoms with E-state index in [2.05, 4.69) is 43.5 Å². The van der Waals surface area contributed by atoms with Crippen LogP contribution in [0.15, 0.2) is 24.3 Å². The van der Waals surface area contributed by atoms with Crippen molar-refractivity contribution in [1.29, 1.82) is 0 Å². The lowest BCUT2D eigenvalue weighted by molar-refractivity contribution is -0.143. The summed E-state index contributed by atoms with van der Waals surface area (Å²) in [6.45, 7) is 4.91. The second kappa shape index (κ2) is 58.9. The van der Waals surface area contributed by atoms with E-state index in [4.69, 9.17) is 4.74 Å². The average molecular weight is 973 g/mol. The monoisotopic (exact) mass is 972 g/mol. The van der Waals surface area contributed by atoms with Crippen molar-refractivity contribution >= 4 is 11.9 Å². The first-order valence-corrected chi connectivity index (χ1v) is 31.1. The number of unbranched alkanes of at least 4 members (excludes halogenated alkanes) is 43. The molecule has 0 spiro atoms. The van der Waals surface area contributed by atoms with Gasteiger partial charge in [-0.15, -0.1) is 0 Å². The molecule has 3 N–H and O–H groups in total. The summed E-state index contributed by atoms with van der Waals surface area (Å²) in [5.74, 6) is -0.0708. The fourth-order valence-electron chi connectivity index (χ4n) is 9.73. The number of aliphatic hydroxyl groups excluding tert-OH is 2. The van der Waals surface area contributed by atoms with E-state index in [1.165, 1.54) is 244 Å². The van der Waals surface area contributed by atoms with Gasteiger partial charge in [-0.2, -0.15) is 0 Å². The highest BCUT2D eigenvalue weighted by atomic mass is 16.5. The molecule has 0 aliphatic rings. The minimum absolute atomic E-state index is 0.0201. The summed E-state index contributed by atoms with van der Waals surface area (Å²) in [7, 11) is 0. The largest absolute Gasteiger partial charge is 0.466 e. The molecule has 6 heteroatoms. The van der Waals surface area contributed by atoms with Crippen molar-refractivity contribution in [3.63, 3.8) is 0 Å². The van der Waals surface area contributed by atoms with Crippen LogP contribution in [0, 0.1) is 0 Å². The lowest BCUT2D eigenvalue weighted by atomic mass is 10.0. The van der Waals surface area contributed by atoms with Crippen LogP contribution in [0.4, 0.5) is 0 Å². The Morgan fingerprint density at radius 1 is 0.406 bits per heavy atom. The third kappa shape index (κ3) is 55.5. The van der Waals surface area contributed by atoms with Crippen molar-refractivity contribution in [2.45, 2.75) is 353 Å². The van der Waals surface area contributed by atoms with Crippen molar-refractivity contribution in [3.05, 3.63) is 24.3 Å². The van der Waals surface area contributed by atoms with E-state index in [0.717, 1.165) is 64.2 Å². The van der Waals surface area contributed by atoms with Crippen molar-refractivity contribution in [1.82, 2.24) is 5.32 Å². The zero-order chi connectivity index (χ0) is 50.0. The summed E-state index contributed by atoms with van der Waals surface area (Å²) in [6.07, 6.45) is 71.8. The van der Waals surface area contributed by atoms with Crippen molar-refractivity contribution in [3.8, 4) is 0 Å². The van der Waals surface area contributed by atoms with Crippen LogP contribution >= 0.6 is 0 Å². The molecule has 0 saturated carbocycles. The topological polar surface area (TPSA) is 95.9 Å². The first-order valence-electron chi connectivity index (χ1n) is 31.1. The Labute approximate surface area is 431 Å². The highest BCUT2D eigenvalue weighted by molar-refractivity contribution is 5.76. The zero-order valence-electron chi connectivity index (χ0n) is 46.6.